The SMILES string of the molecule is COCC(O)CNCC1(C)CCOCC1. The van der Waals surface area contributed by atoms with E-state index in [1.165, 1.54) is 0 Å². The average molecular weight is 217 g/mol. The molecule has 1 atom stereocenters. The van der Waals surface area contributed by atoms with Crippen LogP contribution in [-0.2, 0) is 9.47 Å². The lowest BCUT2D eigenvalue weighted by Crippen LogP contribution is -2.40. The third-order valence-electron chi connectivity index (χ3n) is 2.99. The van der Waals surface area contributed by atoms with Gasteiger partial charge in [0.25, 0.3) is 0 Å². The molecule has 90 valence electrons. The van der Waals surface area contributed by atoms with Crippen LogP contribution in [0.15, 0.2) is 0 Å². The summed E-state index contributed by atoms with van der Waals surface area (Å²) in [6.07, 6.45) is 1.79. The monoisotopic (exact) mass is 217 g/mol. The molecule has 4 heteroatoms. The largest absolute Gasteiger partial charge is 0.389 e. The van der Waals surface area contributed by atoms with E-state index in [9.17, 15) is 5.11 Å². The second-order valence-electron chi connectivity index (χ2n) is 4.66. The van der Waals surface area contributed by atoms with Gasteiger partial charge < -0.3 is 19.9 Å². The molecule has 1 saturated heterocycles. The van der Waals surface area contributed by atoms with Crippen LogP contribution in [0.25, 0.3) is 0 Å². The Hall–Kier alpha value is -0.160. The van der Waals surface area contributed by atoms with Gasteiger partial charge in [-0.15, -0.1) is 0 Å². The number of aliphatic hydroxyl groups is 1. The van der Waals surface area contributed by atoms with Crippen molar-refractivity contribution in [3.8, 4) is 0 Å². The van der Waals surface area contributed by atoms with E-state index < -0.39 is 6.10 Å². The van der Waals surface area contributed by atoms with E-state index in [2.05, 4.69) is 12.2 Å². The average Bonchev–Trinajstić information content (AvgIpc) is 2.19. The quantitative estimate of drug-likeness (QED) is 0.676. The Labute approximate surface area is 92.0 Å². The van der Waals surface area contributed by atoms with E-state index in [1.807, 2.05) is 0 Å². The van der Waals surface area contributed by atoms with Gasteiger partial charge in [0.05, 0.1) is 12.7 Å². The molecule has 1 rings (SSSR count). The Morgan fingerprint density at radius 1 is 1.47 bits per heavy atom. The fourth-order valence-electron chi connectivity index (χ4n) is 1.83. The Balaban J connectivity index is 2.12. The Morgan fingerprint density at radius 2 is 2.13 bits per heavy atom. The van der Waals surface area contributed by atoms with Gasteiger partial charge >= 0.3 is 0 Å². The van der Waals surface area contributed by atoms with Crippen molar-refractivity contribution in [3.63, 3.8) is 0 Å². The molecule has 0 amide bonds. The first-order valence-corrected chi connectivity index (χ1v) is 5.62. The maximum Gasteiger partial charge on any atom is 0.0897 e. The summed E-state index contributed by atoms with van der Waals surface area (Å²) < 4.78 is 10.2. The summed E-state index contributed by atoms with van der Waals surface area (Å²) in [5.41, 5.74) is 0.324. The molecule has 2 N–H and O–H groups in total. The van der Waals surface area contributed by atoms with Gasteiger partial charge in [0.1, 0.15) is 0 Å². The number of hydrogen-bond acceptors (Lipinski definition) is 4. The van der Waals surface area contributed by atoms with Gasteiger partial charge in [-0.1, -0.05) is 6.92 Å². The highest BCUT2D eigenvalue weighted by Gasteiger charge is 2.26. The molecule has 0 bridgehead atoms. The van der Waals surface area contributed by atoms with E-state index in [0.29, 0.717) is 18.6 Å². The second-order valence-corrected chi connectivity index (χ2v) is 4.66. The first-order valence-electron chi connectivity index (χ1n) is 5.62. The summed E-state index contributed by atoms with van der Waals surface area (Å²) in [4.78, 5) is 0. The maximum absolute atomic E-state index is 9.45. The Bertz CT molecular complexity index is 169. The molecule has 0 radical (unpaired) electrons. The zero-order valence-electron chi connectivity index (χ0n) is 9.79. The molecular weight excluding hydrogens is 194 g/mol. The molecule has 1 unspecified atom stereocenters. The molecule has 0 saturated carbocycles. The maximum atomic E-state index is 9.45. The minimum absolute atomic E-state index is 0.324. The van der Waals surface area contributed by atoms with Crippen molar-refractivity contribution in [1.29, 1.82) is 0 Å². The van der Waals surface area contributed by atoms with E-state index >= 15 is 0 Å². The molecule has 0 aliphatic carbocycles. The Morgan fingerprint density at radius 3 is 2.73 bits per heavy atom. The number of ether oxygens (including phenoxy) is 2. The van der Waals surface area contributed by atoms with E-state index in [4.69, 9.17) is 9.47 Å². The first-order chi connectivity index (χ1) is 7.16. The molecule has 1 heterocycles. The van der Waals surface area contributed by atoms with Crippen LogP contribution in [0.2, 0.25) is 0 Å². The molecule has 0 aromatic carbocycles. The second kappa shape index (κ2) is 6.43. The standard InChI is InChI=1S/C11H23NO3/c1-11(3-5-15-6-4-11)9-12-7-10(13)8-14-2/h10,12-13H,3-9H2,1-2H3. The first kappa shape index (κ1) is 12.9. The van der Waals surface area contributed by atoms with Crippen LogP contribution in [0.5, 0.6) is 0 Å². The van der Waals surface area contributed by atoms with Crippen LogP contribution in [0, 0.1) is 5.41 Å². The number of nitrogens with one attached hydrogen (secondary N) is 1. The Kier molecular flexibility index (Phi) is 5.53. The van der Waals surface area contributed by atoms with Gasteiger partial charge in [-0.2, -0.15) is 0 Å². The molecule has 1 fully saturated rings. The fraction of sp³-hybridized carbons (Fsp3) is 1.00. The highest BCUT2D eigenvalue weighted by atomic mass is 16.5. The topological polar surface area (TPSA) is 50.7 Å². The molecule has 1 aliphatic rings. The van der Waals surface area contributed by atoms with Gasteiger partial charge in [-0.05, 0) is 18.3 Å². The van der Waals surface area contributed by atoms with Crippen LogP contribution in [0.4, 0.5) is 0 Å². The molecule has 0 aromatic heterocycles. The number of methoxy groups -OCH3 is 1. The third kappa shape index (κ3) is 4.93. The predicted molar refractivity (Wildman–Crippen MR) is 58.9 cm³/mol. The van der Waals surface area contributed by atoms with Gasteiger partial charge in [0.15, 0.2) is 0 Å². The number of aliphatic hydroxyl groups excluding tert-OH is 1. The summed E-state index contributed by atoms with van der Waals surface area (Å²) in [5, 5.41) is 12.7. The zero-order valence-corrected chi connectivity index (χ0v) is 9.79. The highest BCUT2D eigenvalue weighted by Crippen LogP contribution is 2.28. The minimum atomic E-state index is -0.404. The number of rotatable bonds is 6. The van der Waals surface area contributed by atoms with Crippen LogP contribution >= 0.6 is 0 Å². The van der Waals surface area contributed by atoms with Gasteiger partial charge in [-0.3, -0.25) is 0 Å². The number of hydrogen-bond donors (Lipinski definition) is 2. The van der Waals surface area contributed by atoms with Crippen LogP contribution in [0.3, 0.4) is 0 Å². The van der Waals surface area contributed by atoms with Crippen LogP contribution < -0.4 is 5.32 Å². The smallest absolute Gasteiger partial charge is 0.0897 e. The van der Waals surface area contributed by atoms with Crippen molar-refractivity contribution in [2.45, 2.75) is 25.9 Å². The van der Waals surface area contributed by atoms with Crippen LogP contribution in [0.1, 0.15) is 19.8 Å². The summed E-state index contributed by atoms with van der Waals surface area (Å²) in [6.45, 7) is 5.93. The van der Waals surface area contributed by atoms with Crippen molar-refractivity contribution in [2.75, 3.05) is 40.0 Å². The van der Waals surface area contributed by atoms with Crippen molar-refractivity contribution in [1.82, 2.24) is 5.32 Å². The lowest BCUT2D eigenvalue weighted by Gasteiger charge is -2.34. The van der Waals surface area contributed by atoms with Gasteiger partial charge in [0, 0.05) is 33.4 Å². The molecule has 1 aliphatic heterocycles. The molecule has 0 spiro atoms. The van der Waals surface area contributed by atoms with E-state index in [0.717, 1.165) is 32.6 Å². The summed E-state index contributed by atoms with van der Waals surface area (Å²) >= 11 is 0. The lowest BCUT2D eigenvalue weighted by atomic mass is 9.82. The van der Waals surface area contributed by atoms with Crippen molar-refractivity contribution >= 4 is 0 Å². The summed E-state index contributed by atoms with van der Waals surface area (Å²) in [6, 6.07) is 0. The molecule has 4 nitrogen and oxygen atoms in total. The lowest BCUT2D eigenvalue weighted by molar-refractivity contribution is 0.0200. The normalized spacial score (nSPS) is 22.6. The van der Waals surface area contributed by atoms with E-state index in [-0.39, 0.29) is 0 Å². The van der Waals surface area contributed by atoms with Gasteiger partial charge in [-0.25, -0.2) is 0 Å². The molecule has 15 heavy (non-hydrogen) atoms. The predicted octanol–water partition coefficient (Wildman–Crippen LogP) is 0.400. The van der Waals surface area contributed by atoms with E-state index in [1.54, 1.807) is 7.11 Å². The van der Waals surface area contributed by atoms with Crippen LogP contribution in [-0.4, -0.2) is 51.2 Å². The fourth-order valence-corrected chi connectivity index (χ4v) is 1.83. The van der Waals surface area contributed by atoms with Crippen molar-refractivity contribution < 1.29 is 14.6 Å². The summed E-state index contributed by atoms with van der Waals surface area (Å²) in [5.74, 6) is 0. The third-order valence-corrected chi connectivity index (χ3v) is 2.99. The van der Waals surface area contributed by atoms with Gasteiger partial charge in [0.2, 0.25) is 0 Å². The zero-order chi connectivity index (χ0) is 11.1. The molecular formula is C11H23NO3. The summed E-state index contributed by atoms with van der Waals surface area (Å²) in [7, 11) is 1.60. The minimum Gasteiger partial charge on any atom is -0.389 e. The highest BCUT2D eigenvalue weighted by molar-refractivity contribution is 4.79. The molecule has 0 aromatic rings. The van der Waals surface area contributed by atoms with Crippen molar-refractivity contribution in [3.05, 3.63) is 0 Å². The van der Waals surface area contributed by atoms with Crippen molar-refractivity contribution in [2.24, 2.45) is 5.41 Å².